The number of hydrogen-bond donors (Lipinski definition) is 1. The predicted octanol–water partition coefficient (Wildman–Crippen LogP) is 3.84. The minimum atomic E-state index is -0.184. The largest absolute Gasteiger partial charge is 0.393 e. The highest BCUT2D eigenvalue weighted by Crippen LogP contribution is 2.37. The van der Waals surface area contributed by atoms with Crippen molar-refractivity contribution < 1.29 is 14.9 Å². The van der Waals surface area contributed by atoms with Crippen LogP contribution in [0.2, 0.25) is 0 Å². The first-order chi connectivity index (χ1) is 8.97. The van der Waals surface area contributed by atoms with Crippen LogP contribution in [0.5, 0.6) is 0 Å². The smallest absolute Gasteiger partial charge is 0.101 e. The number of aliphatic hydroxyl groups is 1. The lowest BCUT2D eigenvalue weighted by molar-refractivity contribution is -0.392. The zero-order valence-corrected chi connectivity index (χ0v) is 12.7. The molecule has 0 aromatic carbocycles. The number of aliphatic hydroxyl groups excluding tert-OH is 1. The molecule has 2 saturated carbocycles. The fourth-order valence-corrected chi connectivity index (χ4v) is 3.36. The molecule has 0 aromatic heterocycles. The fourth-order valence-electron chi connectivity index (χ4n) is 3.36. The van der Waals surface area contributed by atoms with Crippen LogP contribution in [-0.2, 0) is 9.78 Å². The molecule has 0 radical (unpaired) electrons. The number of hydrogen-bond acceptors (Lipinski definition) is 3. The van der Waals surface area contributed by atoms with Gasteiger partial charge in [0, 0.05) is 0 Å². The van der Waals surface area contributed by atoms with E-state index in [4.69, 9.17) is 9.78 Å². The van der Waals surface area contributed by atoms with Crippen LogP contribution in [0, 0.1) is 11.8 Å². The molecule has 1 N–H and O–H groups in total. The van der Waals surface area contributed by atoms with Crippen molar-refractivity contribution >= 4 is 0 Å². The van der Waals surface area contributed by atoms with E-state index in [1.54, 1.807) is 0 Å². The van der Waals surface area contributed by atoms with Crippen LogP contribution < -0.4 is 0 Å². The van der Waals surface area contributed by atoms with Crippen LogP contribution in [0.3, 0.4) is 0 Å². The minimum absolute atomic E-state index is 0.132. The molecule has 2 aliphatic carbocycles. The lowest BCUT2D eigenvalue weighted by Gasteiger charge is -2.38. The Bertz CT molecular complexity index is 261. The molecule has 3 nitrogen and oxygen atoms in total. The van der Waals surface area contributed by atoms with Crippen LogP contribution in [0.15, 0.2) is 0 Å². The van der Waals surface area contributed by atoms with Crippen molar-refractivity contribution in [2.45, 2.75) is 89.9 Å². The van der Waals surface area contributed by atoms with Gasteiger partial charge in [-0.2, -0.15) is 0 Å². The molecule has 0 bridgehead atoms. The van der Waals surface area contributed by atoms with Crippen molar-refractivity contribution in [2.75, 3.05) is 0 Å². The second kappa shape index (κ2) is 6.55. The van der Waals surface area contributed by atoms with Gasteiger partial charge in [-0.25, -0.2) is 9.78 Å². The zero-order chi connectivity index (χ0) is 13.9. The summed E-state index contributed by atoms with van der Waals surface area (Å²) in [4.78, 5) is 11.5. The van der Waals surface area contributed by atoms with E-state index in [9.17, 15) is 5.11 Å². The van der Waals surface area contributed by atoms with Crippen LogP contribution >= 0.6 is 0 Å². The maximum absolute atomic E-state index is 9.49. The Kier molecular flexibility index (Phi) is 5.27. The third kappa shape index (κ3) is 4.44. The van der Waals surface area contributed by atoms with Crippen molar-refractivity contribution in [1.82, 2.24) is 0 Å². The van der Waals surface area contributed by atoms with Gasteiger partial charge in [-0.1, -0.05) is 19.8 Å². The molecule has 0 atom stereocenters. The summed E-state index contributed by atoms with van der Waals surface area (Å²) in [6, 6.07) is 0. The zero-order valence-electron chi connectivity index (χ0n) is 12.7. The van der Waals surface area contributed by atoms with E-state index in [0.717, 1.165) is 31.6 Å². The fraction of sp³-hybridized carbons (Fsp3) is 1.00. The van der Waals surface area contributed by atoms with Gasteiger partial charge in [-0.3, -0.25) is 0 Å². The highest BCUT2D eigenvalue weighted by Gasteiger charge is 2.35. The van der Waals surface area contributed by atoms with Gasteiger partial charge in [0.05, 0.1) is 12.2 Å². The van der Waals surface area contributed by atoms with Crippen molar-refractivity contribution in [3.8, 4) is 0 Å². The van der Waals surface area contributed by atoms with Gasteiger partial charge < -0.3 is 5.11 Å². The molecule has 0 heterocycles. The summed E-state index contributed by atoms with van der Waals surface area (Å²) in [5, 5.41) is 9.49. The van der Waals surface area contributed by atoms with Crippen LogP contribution in [0.25, 0.3) is 0 Å². The predicted molar refractivity (Wildman–Crippen MR) is 75.6 cm³/mol. The van der Waals surface area contributed by atoms with E-state index in [2.05, 4.69) is 20.8 Å². The Morgan fingerprint density at radius 3 is 2.05 bits per heavy atom. The molecule has 0 aromatic rings. The molecule has 0 saturated heterocycles. The molecule has 112 valence electrons. The summed E-state index contributed by atoms with van der Waals surface area (Å²) in [6.45, 7) is 6.66. The van der Waals surface area contributed by atoms with E-state index in [-0.39, 0.29) is 17.8 Å². The van der Waals surface area contributed by atoms with E-state index in [1.165, 1.54) is 25.7 Å². The van der Waals surface area contributed by atoms with Crippen LogP contribution in [0.1, 0.15) is 72.1 Å². The minimum Gasteiger partial charge on any atom is -0.393 e. The second-order valence-corrected chi connectivity index (χ2v) is 7.17. The van der Waals surface area contributed by atoms with Gasteiger partial charge in [-0.15, -0.1) is 0 Å². The summed E-state index contributed by atoms with van der Waals surface area (Å²) in [5.74, 6) is 1.48. The Hall–Kier alpha value is -0.120. The first kappa shape index (κ1) is 15.3. The van der Waals surface area contributed by atoms with Crippen molar-refractivity contribution in [3.63, 3.8) is 0 Å². The average Bonchev–Trinajstić information content (AvgIpc) is 2.39. The summed E-state index contributed by atoms with van der Waals surface area (Å²) in [7, 11) is 0. The first-order valence-electron chi connectivity index (χ1n) is 8.00. The summed E-state index contributed by atoms with van der Waals surface area (Å²) < 4.78 is 0. The molecule has 0 amide bonds. The van der Waals surface area contributed by atoms with E-state index in [0.29, 0.717) is 5.92 Å². The highest BCUT2D eigenvalue weighted by molar-refractivity contribution is 4.83. The molecule has 0 unspecified atom stereocenters. The normalized spacial score (nSPS) is 37.3. The van der Waals surface area contributed by atoms with Crippen LogP contribution in [0.4, 0.5) is 0 Å². The van der Waals surface area contributed by atoms with E-state index >= 15 is 0 Å². The van der Waals surface area contributed by atoms with Crippen molar-refractivity contribution in [1.29, 1.82) is 0 Å². The lowest BCUT2D eigenvalue weighted by Crippen LogP contribution is -2.38. The Morgan fingerprint density at radius 2 is 1.47 bits per heavy atom. The monoisotopic (exact) mass is 270 g/mol. The van der Waals surface area contributed by atoms with E-state index < -0.39 is 0 Å². The molecular weight excluding hydrogens is 240 g/mol. The van der Waals surface area contributed by atoms with Gasteiger partial charge in [0.25, 0.3) is 0 Å². The topological polar surface area (TPSA) is 38.7 Å². The van der Waals surface area contributed by atoms with Crippen molar-refractivity contribution in [3.05, 3.63) is 0 Å². The quantitative estimate of drug-likeness (QED) is 0.623. The Labute approximate surface area is 117 Å². The average molecular weight is 270 g/mol. The van der Waals surface area contributed by atoms with E-state index in [1.807, 2.05) is 0 Å². The first-order valence-corrected chi connectivity index (χ1v) is 8.00. The third-order valence-corrected chi connectivity index (χ3v) is 5.04. The van der Waals surface area contributed by atoms with Gasteiger partial charge >= 0.3 is 0 Å². The molecule has 2 rings (SSSR count). The molecule has 3 heteroatoms. The van der Waals surface area contributed by atoms with Crippen molar-refractivity contribution in [2.24, 2.45) is 11.8 Å². The van der Waals surface area contributed by atoms with Gasteiger partial charge in [0.1, 0.15) is 5.60 Å². The summed E-state index contributed by atoms with van der Waals surface area (Å²) in [5.41, 5.74) is -0.184. The maximum atomic E-state index is 9.49. The van der Waals surface area contributed by atoms with Crippen LogP contribution in [-0.4, -0.2) is 22.9 Å². The molecule has 19 heavy (non-hydrogen) atoms. The summed E-state index contributed by atoms with van der Waals surface area (Å²) in [6.07, 6.45) is 8.68. The third-order valence-electron chi connectivity index (χ3n) is 5.04. The van der Waals surface area contributed by atoms with Gasteiger partial charge in [-0.05, 0) is 64.2 Å². The maximum Gasteiger partial charge on any atom is 0.101 e. The molecule has 0 aliphatic heterocycles. The molecule has 0 spiro atoms. The Balaban J connectivity index is 1.74. The Morgan fingerprint density at radius 1 is 0.895 bits per heavy atom. The summed E-state index contributed by atoms with van der Waals surface area (Å²) >= 11 is 0. The molecule has 2 fully saturated rings. The molecule has 2 aliphatic rings. The van der Waals surface area contributed by atoms with Gasteiger partial charge in [0.15, 0.2) is 0 Å². The standard InChI is InChI=1S/C16H30O3/c1-12-4-6-13(7-5-12)16(2,3)19-18-15-10-8-14(17)9-11-15/h12-15,17H,4-11H2,1-3H3. The lowest BCUT2D eigenvalue weighted by atomic mass is 9.75. The highest BCUT2D eigenvalue weighted by atomic mass is 17.2. The van der Waals surface area contributed by atoms with Gasteiger partial charge in [0.2, 0.25) is 0 Å². The number of rotatable bonds is 4. The SMILES string of the molecule is CC1CCC(C(C)(C)OOC2CCC(O)CC2)CC1. The molecular formula is C16H30O3. The second-order valence-electron chi connectivity index (χ2n) is 7.17.